The maximum absolute atomic E-state index is 11.9. The average Bonchev–Trinajstić information content (AvgIpc) is 2.29. The second-order valence-corrected chi connectivity index (χ2v) is 4.82. The Hall–Kier alpha value is -0.610. The Morgan fingerprint density at radius 3 is 2.88 bits per heavy atom. The van der Waals surface area contributed by atoms with Crippen LogP contribution in [-0.2, 0) is 4.79 Å². The summed E-state index contributed by atoms with van der Waals surface area (Å²) in [5.41, 5.74) is -0.407. The molecule has 4 heteroatoms. The molecule has 1 fully saturated rings. The molecular weight excluding hydrogens is 204 g/mol. The Morgan fingerprint density at radius 1 is 1.56 bits per heavy atom. The zero-order valence-electron chi connectivity index (χ0n) is 10.4. The summed E-state index contributed by atoms with van der Waals surface area (Å²) in [6.07, 6.45) is 4.23. The number of carbonyl (C=O) groups is 1. The first-order valence-electron chi connectivity index (χ1n) is 6.30. The third kappa shape index (κ3) is 3.76. The third-order valence-electron chi connectivity index (χ3n) is 3.35. The number of piperidine rings is 1. The maximum Gasteiger partial charge on any atom is 0.240 e. The second-order valence-electron chi connectivity index (χ2n) is 4.82. The lowest BCUT2D eigenvalue weighted by Gasteiger charge is -2.33. The van der Waals surface area contributed by atoms with E-state index in [1.54, 1.807) is 0 Å². The zero-order valence-corrected chi connectivity index (χ0v) is 10.4. The number of carbonyl (C=O) groups excluding carboxylic acids is 1. The minimum absolute atomic E-state index is 0.0653. The van der Waals surface area contributed by atoms with E-state index in [4.69, 9.17) is 0 Å². The first-order valence-corrected chi connectivity index (χ1v) is 6.30. The Morgan fingerprint density at radius 2 is 2.31 bits per heavy atom. The van der Waals surface area contributed by atoms with Gasteiger partial charge < -0.3 is 15.7 Å². The lowest BCUT2D eigenvalue weighted by Crippen LogP contribution is -2.57. The highest BCUT2D eigenvalue weighted by atomic mass is 16.3. The highest BCUT2D eigenvalue weighted by Crippen LogP contribution is 2.18. The number of aliphatic hydroxyl groups is 1. The molecule has 0 aromatic rings. The van der Waals surface area contributed by atoms with Crippen molar-refractivity contribution >= 4 is 5.91 Å². The van der Waals surface area contributed by atoms with Gasteiger partial charge in [0.2, 0.25) is 5.91 Å². The van der Waals surface area contributed by atoms with Gasteiger partial charge in [-0.15, -0.1) is 0 Å². The number of hydrogen-bond acceptors (Lipinski definition) is 3. The topological polar surface area (TPSA) is 61.4 Å². The van der Waals surface area contributed by atoms with E-state index in [-0.39, 0.29) is 12.0 Å². The summed E-state index contributed by atoms with van der Waals surface area (Å²) in [6.45, 7) is 5.38. The SMILES string of the molecule is CCC(O)CCNC(=O)C1(C)CCCCN1. The number of aliphatic hydroxyl groups excluding tert-OH is 1. The van der Waals surface area contributed by atoms with E-state index in [1.165, 1.54) is 0 Å². The highest BCUT2D eigenvalue weighted by Gasteiger charge is 2.33. The van der Waals surface area contributed by atoms with E-state index >= 15 is 0 Å². The van der Waals surface area contributed by atoms with E-state index in [9.17, 15) is 9.90 Å². The quantitative estimate of drug-likeness (QED) is 0.652. The summed E-state index contributed by atoms with van der Waals surface area (Å²) in [4.78, 5) is 11.9. The number of hydrogen-bond donors (Lipinski definition) is 3. The fourth-order valence-electron chi connectivity index (χ4n) is 2.00. The molecule has 1 rings (SSSR count). The minimum atomic E-state index is -0.407. The zero-order chi connectivity index (χ0) is 12.0. The molecular formula is C12H24N2O2. The molecule has 1 amide bonds. The Balaban J connectivity index is 2.28. The van der Waals surface area contributed by atoms with Crippen LogP contribution in [0.3, 0.4) is 0 Å². The fourth-order valence-corrected chi connectivity index (χ4v) is 2.00. The van der Waals surface area contributed by atoms with Crippen LogP contribution in [0.5, 0.6) is 0 Å². The largest absolute Gasteiger partial charge is 0.393 e. The van der Waals surface area contributed by atoms with Gasteiger partial charge in [-0.2, -0.15) is 0 Å². The van der Waals surface area contributed by atoms with E-state index in [0.717, 1.165) is 32.2 Å². The van der Waals surface area contributed by atoms with Crippen molar-refractivity contribution < 1.29 is 9.90 Å². The van der Waals surface area contributed by atoms with Crippen LogP contribution < -0.4 is 10.6 Å². The molecule has 1 heterocycles. The number of amides is 1. The van der Waals surface area contributed by atoms with Crippen LogP contribution in [0, 0.1) is 0 Å². The van der Waals surface area contributed by atoms with Gasteiger partial charge in [0.15, 0.2) is 0 Å². The van der Waals surface area contributed by atoms with Gasteiger partial charge in [-0.25, -0.2) is 0 Å². The molecule has 2 unspecified atom stereocenters. The third-order valence-corrected chi connectivity index (χ3v) is 3.35. The lowest BCUT2D eigenvalue weighted by atomic mass is 9.90. The van der Waals surface area contributed by atoms with Crippen molar-refractivity contribution in [2.45, 2.75) is 57.6 Å². The van der Waals surface area contributed by atoms with Crippen molar-refractivity contribution in [2.75, 3.05) is 13.1 Å². The predicted molar refractivity (Wildman–Crippen MR) is 64.2 cm³/mol. The minimum Gasteiger partial charge on any atom is -0.393 e. The van der Waals surface area contributed by atoms with Gasteiger partial charge in [-0.1, -0.05) is 6.92 Å². The monoisotopic (exact) mass is 228 g/mol. The van der Waals surface area contributed by atoms with Crippen LogP contribution in [0.2, 0.25) is 0 Å². The normalized spacial score (nSPS) is 27.4. The molecule has 0 spiro atoms. The molecule has 1 saturated heterocycles. The molecule has 0 aromatic carbocycles. The average molecular weight is 228 g/mol. The summed E-state index contributed by atoms with van der Waals surface area (Å²) < 4.78 is 0. The van der Waals surface area contributed by atoms with Crippen molar-refractivity contribution in [1.82, 2.24) is 10.6 Å². The molecule has 0 aromatic heterocycles. The molecule has 0 bridgehead atoms. The first kappa shape index (κ1) is 13.5. The van der Waals surface area contributed by atoms with Crippen molar-refractivity contribution in [2.24, 2.45) is 0 Å². The second kappa shape index (κ2) is 6.21. The number of rotatable bonds is 5. The van der Waals surface area contributed by atoms with Crippen LogP contribution >= 0.6 is 0 Å². The van der Waals surface area contributed by atoms with Crippen LogP contribution in [0.4, 0.5) is 0 Å². The van der Waals surface area contributed by atoms with Gasteiger partial charge in [0, 0.05) is 6.54 Å². The Labute approximate surface area is 97.8 Å². The van der Waals surface area contributed by atoms with Gasteiger partial charge in [-0.3, -0.25) is 4.79 Å². The highest BCUT2D eigenvalue weighted by molar-refractivity contribution is 5.85. The van der Waals surface area contributed by atoms with Crippen LogP contribution in [-0.4, -0.2) is 35.7 Å². The molecule has 1 aliphatic rings. The van der Waals surface area contributed by atoms with Gasteiger partial charge in [0.05, 0.1) is 11.6 Å². The van der Waals surface area contributed by atoms with Crippen LogP contribution in [0.25, 0.3) is 0 Å². The van der Waals surface area contributed by atoms with Gasteiger partial charge >= 0.3 is 0 Å². The lowest BCUT2D eigenvalue weighted by molar-refractivity contribution is -0.128. The maximum atomic E-state index is 11.9. The molecule has 94 valence electrons. The molecule has 4 nitrogen and oxygen atoms in total. The van der Waals surface area contributed by atoms with Crippen molar-refractivity contribution in [3.05, 3.63) is 0 Å². The van der Waals surface area contributed by atoms with Crippen molar-refractivity contribution in [1.29, 1.82) is 0 Å². The number of nitrogens with one attached hydrogen (secondary N) is 2. The van der Waals surface area contributed by atoms with E-state index in [0.29, 0.717) is 13.0 Å². The summed E-state index contributed by atoms with van der Waals surface area (Å²) in [6, 6.07) is 0. The van der Waals surface area contributed by atoms with Crippen molar-refractivity contribution in [3.63, 3.8) is 0 Å². The van der Waals surface area contributed by atoms with Crippen LogP contribution in [0.1, 0.15) is 46.0 Å². The molecule has 0 radical (unpaired) electrons. The molecule has 0 saturated carbocycles. The van der Waals surface area contributed by atoms with Gasteiger partial charge in [0.1, 0.15) is 0 Å². The summed E-state index contributed by atoms with van der Waals surface area (Å²) >= 11 is 0. The van der Waals surface area contributed by atoms with Gasteiger partial charge in [-0.05, 0) is 45.6 Å². The molecule has 1 aliphatic heterocycles. The molecule has 3 N–H and O–H groups in total. The Kier molecular flexibility index (Phi) is 5.22. The molecule has 16 heavy (non-hydrogen) atoms. The standard InChI is InChI=1S/C12H24N2O2/c1-3-10(15)6-9-13-11(16)12(2)7-4-5-8-14-12/h10,14-15H,3-9H2,1-2H3,(H,13,16). The summed E-state index contributed by atoms with van der Waals surface area (Å²) in [7, 11) is 0. The van der Waals surface area contributed by atoms with E-state index in [1.807, 2.05) is 13.8 Å². The smallest absolute Gasteiger partial charge is 0.240 e. The summed E-state index contributed by atoms with van der Waals surface area (Å²) in [5.74, 6) is 0.0653. The Bertz CT molecular complexity index is 225. The molecule has 2 atom stereocenters. The van der Waals surface area contributed by atoms with Crippen LogP contribution in [0.15, 0.2) is 0 Å². The fraction of sp³-hybridized carbons (Fsp3) is 0.917. The predicted octanol–water partition coefficient (Wildman–Crippen LogP) is 0.796. The van der Waals surface area contributed by atoms with Gasteiger partial charge in [0.25, 0.3) is 0 Å². The first-order chi connectivity index (χ1) is 7.58. The van der Waals surface area contributed by atoms with Crippen molar-refractivity contribution in [3.8, 4) is 0 Å². The molecule has 0 aliphatic carbocycles. The van der Waals surface area contributed by atoms with E-state index < -0.39 is 5.54 Å². The van der Waals surface area contributed by atoms with E-state index in [2.05, 4.69) is 10.6 Å². The summed E-state index contributed by atoms with van der Waals surface area (Å²) in [5, 5.41) is 15.5.